The number of benzene rings is 3. The van der Waals surface area contributed by atoms with E-state index in [4.69, 9.17) is 5.11 Å². The van der Waals surface area contributed by atoms with Crippen molar-refractivity contribution in [2.45, 2.75) is 19.3 Å². The number of pyridine rings is 1. The highest BCUT2D eigenvalue weighted by molar-refractivity contribution is 5.96. The van der Waals surface area contributed by atoms with E-state index in [-0.39, 0.29) is 12.1 Å². The molecule has 0 spiro atoms. The number of halogens is 3. The minimum atomic E-state index is -4.46. The molecular formula is C24H19F3N2O. The van der Waals surface area contributed by atoms with E-state index >= 15 is 0 Å². The van der Waals surface area contributed by atoms with Crippen molar-refractivity contribution >= 4 is 16.6 Å². The maximum atomic E-state index is 13.4. The van der Waals surface area contributed by atoms with Crippen molar-refractivity contribution in [1.29, 1.82) is 0 Å². The van der Waals surface area contributed by atoms with Crippen LogP contribution in [0.25, 0.3) is 22.0 Å². The number of aliphatic hydroxyl groups is 1. The topological polar surface area (TPSA) is 45.1 Å². The molecule has 0 aliphatic carbocycles. The summed E-state index contributed by atoms with van der Waals surface area (Å²) in [6, 6.07) is 21.0. The Kier molecular flexibility index (Phi) is 5.42. The molecule has 3 aromatic carbocycles. The van der Waals surface area contributed by atoms with E-state index in [1.807, 2.05) is 48.5 Å². The lowest BCUT2D eigenvalue weighted by Gasteiger charge is -2.13. The fourth-order valence-corrected chi connectivity index (χ4v) is 3.42. The molecule has 0 bridgehead atoms. The predicted octanol–water partition coefficient (Wildman–Crippen LogP) is 6.03. The Balaban J connectivity index is 1.64. The van der Waals surface area contributed by atoms with E-state index in [1.165, 1.54) is 12.3 Å². The Morgan fingerprint density at radius 2 is 1.60 bits per heavy atom. The quantitative estimate of drug-likeness (QED) is 0.424. The van der Waals surface area contributed by atoms with Crippen molar-refractivity contribution in [2.75, 3.05) is 5.32 Å². The van der Waals surface area contributed by atoms with Gasteiger partial charge in [0.15, 0.2) is 0 Å². The molecule has 0 aliphatic heterocycles. The molecule has 3 nitrogen and oxygen atoms in total. The van der Waals surface area contributed by atoms with Crippen LogP contribution in [-0.4, -0.2) is 10.1 Å². The second-order valence-electron chi connectivity index (χ2n) is 6.97. The Hall–Kier alpha value is -3.38. The van der Waals surface area contributed by atoms with Gasteiger partial charge in [0.1, 0.15) is 0 Å². The number of fused-ring (bicyclic) bond motifs is 1. The van der Waals surface area contributed by atoms with Gasteiger partial charge in [0, 0.05) is 23.8 Å². The third-order valence-electron chi connectivity index (χ3n) is 4.95. The molecule has 0 aliphatic rings. The Bertz CT molecular complexity index is 1170. The average molecular weight is 408 g/mol. The van der Waals surface area contributed by atoms with Crippen LogP contribution in [0.1, 0.15) is 16.7 Å². The minimum Gasteiger partial charge on any atom is -0.392 e. The second-order valence-corrected chi connectivity index (χ2v) is 6.97. The van der Waals surface area contributed by atoms with Crippen LogP contribution < -0.4 is 5.32 Å². The smallest absolute Gasteiger partial charge is 0.392 e. The van der Waals surface area contributed by atoms with Crippen molar-refractivity contribution in [1.82, 2.24) is 4.98 Å². The molecule has 0 fully saturated rings. The maximum absolute atomic E-state index is 13.4. The number of hydrogen-bond acceptors (Lipinski definition) is 3. The summed E-state index contributed by atoms with van der Waals surface area (Å²) in [5, 5.41) is 12.9. The molecule has 0 atom stereocenters. The SMILES string of the molecule is OCc1ccc(CNc2cccc(-c3ccnc4c(C(F)(F)F)cccc34)c2)cc1. The fraction of sp³-hybridized carbons (Fsp3) is 0.125. The summed E-state index contributed by atoms with van der Waals surface area (Å²) in [5.41, 5.74) is 3.48. The summed E-state index contributed by atoms with van der Waals surface area (Å²) in [6.45, 7) is 0.593. The van der Waals surface area contributed by atoms with Crippen LogP contribution in [0.15, 0.2) is 79.0 Å². The molecule has 2 N–H and O–H groups in total. The minimum absolute atomic E-state index is 0.00565. The van der Waals surface area contributed by atoms with Crippen LogP contribution >= 0.6 is 0 Å². The Morgan fingerprint density at radius 1 is 0.867 bits per heavy atom. The first kappa shape index (κ1) is 19.9. The van der Waals surface area contributed by atoms with Crippen molar-refractivity contribution in [2.24, 2.45) is 0 Å². The van der Waals surface area contributed by atoms with Crippen LogP contribution in [0.5, 0.6) is 0 Å². The van der Waals surface area contributed by atoms with Crippen molar-refractivity contribution in [3.63, 3.8) is 0 Å². The first-order chi connectivity index (χ1) is 14.5. The van der Waals surface area contributed by atoms with Gasteiger partial charge < -0.3 is 10.4 Å². The third-order valence-corrected chi connectivity index (χ3v) is 4.95. The Morgan fingerprint density at radius 3 is 2.33 bits per heavy atom. The van der Waals surface area contributed by atoms with Gasteiger partial charge in [-0.2, -0.15) is 13.2 Å². The summed E-state index contributed by atoms with van der Waals surface area (Å²) in [4.78, 5) is 3.99. The average Bonchev–Trinajstić information content (AvgIpc) is 2.76. The monoisotopic (exact) mass is 408 g/mol. The number of hydrogen-bond donors (Lipinski definition) is 2. The van der Waals surface area contributed by atoms with Gasteiger partial charge in [-0.3, -0.25) is 4.98 Å². The zero-order valence-electron chi connectivity index (χ0n) is 15.9. The molecule has 4 aromatic rings. The number of para-hydroxylation sites is 1. The van der Waals surface area contributed by atoms with Gasteiger partial charge in [-0.1, -0.05) is 48.5 Å². The molecule has 0 radical (unpaired) electrons. The molecule has 1 aromatic heterocycles. The molecule has 30 heavy (non-hydrogen) atoms. The van der Waals surface area contributed by atoms with Crippen LogP contribution in [0.2, 0.25) is 0 Å². The zero-order chi connectivity index (χ0) is 21.1. The highest BCUT2D eigenvalue weighted by atomic mass is 19.4. The number of anilines is 1. The number of aliphatic hydroxyl groups excluding tert-OH is 1. The number of alkyl halides is 3. The summed E-state index contributed by atoms with van der Waals surface area (Å²) >= 11 is 0. The highest BCUT2D eigenvalue weighted by Gasteiger charge is 2.33. The number of nitrogens with one attached hydrogen (secondary N) is 1. The molecule has 0 amide bonds. The molecule has 0 saturated heterocycles. The summed E-state index contributed by atoms with van der Waals surface area (Å²) in [7, 11) is 0. The normalized spacial score (nSPS) is 11.6. The van der Waals surface area contributed by atoms with Gasteiger partial charge in [0.25, 0.3) is 0 Å². The molecule has 152 valence electrons. The molecule has 4 rings (SSSR count). The lowest BCUT2D eigenvalue weighted by Crippen LogP contribution is -2.06. The molecular weight excluding hydrogens is 389 g/mol. The molecule has 1 heterocycles. The number of nitrogens with zero attached hydrogens (tertiary/aromatic N) is 1. The van der Waals surface area contributed by atoms with Gasteiger partial charge in [0.05, 0.1) is 17.7 Å². The van der Waals surface area contributed by atoms with Gasteiger partial charge in [-0.05, 0) is 46.5 Å². The van der Waals surface area contributed by atoms with E-state index < -0.39 is 11.7 Å². The molecule has 6 heteroatoms. The maximum Gasteiger partial charge on any atom is 0.418 e. The van der Waals surface area contributed by atoms with E-state index in [2.05, 4.69) is 10.3 Å². The Labute approximate surface area is 171 Å². The zero-order valence-corrected chi connectivity index (χ0v) is 15.9. The van der Waals surface area contributed by atoms with Crippen molar-refractivity contribution < 1.29 is 18.3 Å². The van der Waals surface area contributed by atoms with Crippen LogP contribution in [0, 0.1) is 0 Å². The highest BCUT2D eigenvalue weighted by Crippen LogP contribution is 2.37. The lowest BCUT2D eigenvalue weighted by molar-refractivity contribution is -0.136. The standard InChI is InChI=1S/C24H19F3N2O/c25-24(26,27)22-6-2-5-21-20(11-12-28-23(21)22)18-3-1-4-19(13-18)29-14-16-7-9-17(15-30)10-8-16/h1-13,29-30H,14-15H2. The van der Waals surface area contributed by atoms with E-state index in [0.717, 1.165) is 28.4 Å². The van der Waals surface area contributed by atoms with Gasteiger partial charge >= 0.3 is 6.18 Å². The lowest BCUT2D eigenvalue weighted by atomic mass is 9.99. The van der Waals surface area contributed by atoms with Crippen LogP contribution in [0.4, 0.5) is 18.9 Å². The largest absolute Gasteiger partial charge is 0.418 e. The summed E-state index contributed by atoms with van der Waals surface area (Å²) in [6.07, 6.45) is -3.05. The summed E-state index contributed by atoms with van der Waals surface area (Å²) in [5.74, 6) is 0. The number of rotatable bonds is 5. The predicted molar refractivity (Wildman–Crippen MR) is 112 cm³/mol. The fourth-order valence-electron chi connectivity index (χ4n) is 3.42. The van der Waals surface area contributed by atoms with E-state index in [0.29, 0.717) is 17.5 Å². The van der Waals surface area contributed by atoms with E-state index in [9.17, 15) is 13.2 Å². The van der Waals surface area contributed by atoms with Crippen LogP contribution in [0.3, 0.4) is 0 Å². The van der Waals surface area contributed by atoms with Crippen LogP contribution in [-0.2, 0) is 19.3 Å². The van der Waals surface area contributed by atoms with Gasteiger partial charge in [-0.15, -0.1) is 0 Å². The molecule has 0 unspecified atom stereocenters. The first-order valence-electron chi connectivity index (χ1n) is 9.43. The van der Waals surface area contributed by atoms with E-state index in [1.54, 1.807) is 12.1 Å². The second kappa shape index (κ2) is 8.16. The summed E-state index contributed by atoms with van der Waals surface area (Å²) < 4.78 is 40.1. The molecule has 0 saturated carbocycles. The van der Waals surface area contributed by atoms with Crippen molar-refractivity contribution in [3.05, 3.63) is 95.7 Å². The third kappa shape index (κ3) is 4.14. The van der Waals surface area contributed by atoms with Gasteiger partial charge in [0.2, 0.25) is 0 Å². The van der Waals surface area contributed by atoms with Gasteiger partial charge in [-0.25, -0.2) is 0 Å². The van der Waals surface area contributed by atoms with Crippen molar-refractivity contribution in [3.8, 4) is 11.1 Å². The first-order valence-corrected chi connectivity index (χ1v) is 9.43. The number of aromatic nitrogens is 1.